The molecule has 1 atom stereocenters. The summed E-state index contributed by atoms with van der Waals surface area (Å²) in [4.78, 5) is 4.74. The minimum Gasteiger partial charge on any atom is -0.246 e. The monoisotopic (exact) mass is 229 g/mol. The first kappa shape index (κ1) is 10.0. The van der Waals surface area contributed by atoms with Gasteiger partial charge in [-0.2, -0.15) is 0 Å². The van der Waals surface area contributed by atoms with Crippen molar-refractivity contribution >= 4 is 11.3 Å². The Labute approximate surface area is 100 Å². The fourth-order valence-electron chi connectivity index (χ4n) is 2.33. The van der Waals surface area contributed by atoms with E-state index in [1.54, 1.807) is 0 Å². The van der Waals surface area contributed by atoms with Crippen LogP contribution in [0.15, 0.2) is 29.6 Å². The number of nitrogens with zero attached hydrogens (tertiary/aromatic N) is 1. The highest BCUT2D eigenvalue weighted by Gasteiger charge is 2.29. The molecule has 16 heavy (non-hydrogen) atoms. The van der Waals surface area contributed by atoms with Gasteiger partial charge in [0.25, 0.3) is 0 Å². The molecule has 0 spiro atoms. The van der Waals surface area contributed by atoms with E-state index >= 15 is 0 Å². The number of thiazole rings is 1. The average Bonchev–Trinajstić information content (AvgIpc) is 2.69. The van der Waals surface area contributed by atoms with E-state index in [1.807, 2.05) is 11.3 Å². The molecule has 1 unspecified atom stereocenters. The smallest absolute Gasteiger partial charge is 0.101 e. The number of rotatable bonds is 3. The summed E-state index contributed by atoms with van der Waals surface area (Å²) in [6.45, 7) is 2.21. The zero-order valence-electron chi connectivity index (χ0n) is 9.44. The van der Waals surface area contributed by atoms with Gasteiger partial charge in [-0.3, -0.25) is 0 Å². The number of aromatic nitrogens is 1. The van der Waals surface area contributed by atoms with Gasteiger partial charge >= 0.3 is 0 Å². The molecule has 0 N–H and O–H groups in total. The van der Waals surface area contributed by atoms with Crippen molar-refractivity contribution < 1.29 is 0 Å². The minimum atomic E-state index is 0.576. The molecule has 1 aromatic heterocycles. The molecule has 0 radical (unpaired) electrons. The first-order valence-electron chi connectivity index (χ1n) is 5.90. The Morgan fingerprint density at radius 2 is 2.25 bits per heavy atom. The molecule has 0 bridgehead atoms. The molecule has 1 aliphatic rings. The molecule has 1 aliphatic carbocycles. The van der Waals surface area contributed by atoms with Crippen molar-refractivity contribution in [3.8, 4) is 0 Å². The van der Waals surface area contributed by atoms with Crippen molar-refractivity contribution in [1.82, 2.24) is 4.98 Å². The third kappa shape index (κ3) is 1.57. The molecule has 1 nitrogen and oxygen atoms in total. The van der Waals surface area contributed by atoms with Crippen molar-refractivity contribution in [3.63, 3.8) is 0 Å². The molecular formula is C14H15NS. The Balaban J connectivity index is 1.85. The Hall–Kier alpha value is -1.15. The summed E-state index contributed by atoms with van der Waals surface area (Å²) in [5.74, 6) is 0.576. The van der Waals surface area contributed by atoms with Crippen LogP contribution >= 0.6 is 11.3 Å². The predicted octanol–water partition coefficient (Wildman–Crippen LogP) is 3.78. The van der Waals surface area contributed by atoms with Gasteiger partial charge in [-0.25, -0.2) is 4.98 Å². The third-order valence-electron chi connectivity index (χ3n) is 3.23. The highest BCUT2D eigenvalue weighted by atomic mass is 32.1. The van der Waals surface area contributed by atoms with Gasteiger partial charge in [0.2, 0.25) is 0 Å². The Kier molecular flexibility index (Phi) is 2.52. The molecule has 2 heteroatoms. The first-order chi connectivity index (χ1) is 7.88. The largest absolute Gasteiger partial charge is 0.246 e. The lowest BCUT2D eigenvalue weighted by Crippen LogP contribution is -2.17. The SMILES string of the molecule is CCCc1csc(C2Cc3ccccc32)n1. The maximum Gasteiger partial charge on any atom is 0.101 e. The lowest BCUT2D eigenvalue weighted by atomic mass is 9.78. The lowest BCUT2D eigenvalue weighted by molar-refractivity contribution is 0.697. The van der Waals surface area contributed by atoms with Crippen LogP contribution in [-0.2, 0) is 12.8 Å². The van der Waals surface area contributed by atoms with Crippen LogP contribution < -0.4 is 0 Å². The summed E-state index contributed by atoms with van der Waals surface area (Å²) in [7, 11) is 0. The van der Waals surface area contributed by atoms with Gasteiger partial charge in [-0.05, 0) is 24.0 Å². The molecule has 0 aliphatic heterocycles. The van der Waals surface area contributed by atoms with Gasteiger partial charge in [0.05, 0.1) is 5.69 Å². The van der Waals surface area contributed by atoms with Crippen LogP contribution in [0.5, 0.6) is 0 Å². The van der Waals surface area contributed by atoms with Gasteiger partial charge in [-0.15, -0.1) is 11.3 Å². The fourth-order valence-corrected chi connectivity index (χ4v) is 3.30. The first-order valence-corrected chi connectivity index (χ1v) is 6.78. The Morgan fingerprint density at radius 3 is 3.06 bits per heavy atom. The van der Waals surface area contributed by atoms with Crippen LogP contribution in [0, 0.1) is 0 Å². The van der Waals surface area contributed by atoms with E-state index in [4.69, 9.17) is 4.98 Å². The van der Waals surface area contributed by atoms with Gasteiger partial charge in [0.1, 0.15) is 5.01 Å². The van der Waals surface area contributed by atoms with Gasteiger partial charge in [0, 0.05) is 11.3 Å². The quantitative estimate of drug-likeness (QED) is 0.780. The van der Waals surface area contributed by atoms with E-state index in [0.29, 0.717) is 5.92 Å². The summed E-state index contributed by atoms with van der Waals surface area (Å²) in [5, 5.41) is 3.53. The maximum absolute atomic E-state index is 4.74. The highest BCUT2D eigenvalue weighted by molar-refractivity contribution is 7.09. The molecule has 0 saturated carbocycles. The van der Waals surface area contributed by atoms with Gasteiger partial charge in [-0.1, -0.05) is 37.6 Å². The van der Waals surface area contributed by atoms with Crippen LogP contribution in [0.1, 0.15) is 41.1 Å². The topological polar surface area (TPSA) is 12.9 Å². The standard InChI is InChI=1S/C14H15NS/c1-2-5-11-9-16-14(15-11)13-8-10-6-3-4-7-12(10)13/h3-4,6-7,9,13H,2,5,8H2,1H3. The molecule has 82 valence electrons. The second-order valence-corrected chi connectivity index (χ2v) is 5.27. The number of fused-ring (bicyclic) bond motifs is 1. The molecule has 0 fully saturated rings. The maximum atomic E-state index is 4.74. The van der Waals surface area contributed by atoms with Crippen molar-refractivity contribution in [3.05, 3.63) is 51.5 Å². The van der Waals surface area contributed by atoms with Gasteiger partial charge < -0.3 is 0 Å². The third-order valence-corrected chi connectivity index (χ3v) is 4.24. The molecule has 0 amide bonds. The van der Waals surface area contributed by atoms with E-state index in [1.165, 1.54) is 34.7 Å². The second-order valence-electron chi connectivity index (χ2n) is 4.38. The van der Waals surface area contributed by atoms with Crippen LogP contribution in [0.3, 0.4) is 0 Å². The normalized spacial score (nSPS) is 17.9. The number of hydrogen-bond donors (Lipinski definition) is 0. The lowest BCUT2D eigenvalue weighted by Gasteiger charge is -2.28. The average molecular weight is 229 g/mol. The summed E-state index contributed by atoms with van der Waals surface area (Å²) in [6.07, 6.45) is 3.48. The zero-order valence-corrected chi connectivity index (χ0v) is 10.3. The minimum absolute atomic E-state index is 0.576. The van der Waals surface area contributed by atoms with E-state index in [9.17, 15) is 0 Å². The number of aryl methyl sites for hydroxylation is 1. The Morgan fingerprint density at radius 1 is 1.38 bits per heavy atom. The van der Waals surface area contributed by atoms with E-state index < -0.39 is 0 Å². The van der Waals surface area contributed by atoms with Crippen LogP contribution in [0.25, 0.3) is 0 Å². The number of hydrogen-bond acceptors (Lipinski definition) is 2. The highest BCUT2D eigenvalue weighted by Crippen LogP contribution is 2.40. The van der Waals surface area contributed by atoms with Crippen molar-refractivity contribution in [2.45, 2.75) is 32.1 Å². The van der Waals surface area contributed by atoms with E-state index in [2.05, 4.69) is 36.6 Å². The molecular weight excluding hydrogens is 214 g/mol. The second kappa shape index (κ2) is 4.02. The molecule has 0 saturated heterocycles. The van der Waals surface area contributed by atoms with Gasteiger partial charge in [0.15, 0.2) is 0 Å². The molecule has 1 aromatic carbocycles. The summed E-state index contributed by atoms with van der Waals surface area (Å²) in [5.41, 5.74) is 4.26. The Bertz CT molecular complexity index is 501. The van der Waals surface area contributed by atoms with Crippen molar-refractivity contribution in [1.29, 1.82) is 0 Å². The van der Waals surface area contributed by atoms with Crippen LogP contribution in [0.2, 0.25) is 0 Å². The summed E-state index contributed by atoms with van der Waals surface area (Å²) < 4.78 is 0. The summed E-state index contributed by atoms with van der Waals surface area (Å²) >= 11 is 1.83. The molecule has 2 aromatic rings. The summed E-state index contributed by atoms with van der Waals surface area (Å²) in [6, 6.07) is 8.72. The van der Waals surface area contributed by atoms with E-state index in [-0.39, 0.29) is 0 Å². The molecule has 1 heterocycles. The zero-order chi connectivity index (χ0) is 11.0. The predicted molar refractivity (Wildman–Crippen MR) is 68.1 cm³/mol. The van der Waals surface area contributed by atoms with Crippen molar-refractivity contribution in [2.75, 3.05) is 0 Å². The van der Waals surface area contributed by atoms with Crippen LogP contribution in [-0.4, -0.2) is 4.98 Å². The van der Waals surface area contributed by atoms with E-state index in [0.717, 1.165) is 6.42 Å². The van der Waals surface area contributed by atoms with Crippen molar-refractivity contribution in [2.24, 2.45) is 0 Å². The fraction of sp³-hybridized carbons (Fsp3) is 0.357. The molecule has 3 rings (SSSR count). The number of benzene rings is 1. The van der Waals surface area contributed by atoms with Crippen LogP contribution in [0.4, 0.5) is 0 Å².